The lowest BCUT2D eigenvalue weighted by atomic mass is 10.2. The molecule has 0 atom stereocenters. The number of nitrogens with two attached hydrogens (primary N) is 1. The summed E-state index contributed by atoms with van der Waals surface area (Å²) in [6.45, 7) is 4.57. The molecule has 19 heavy (non-hydrogen) atoms. The van der Waals surface area contributed by atoms with E-state index < -0.39 is 0 Å². The molecule has 2 rings (SSSR count). The number of aryl methyl sites for hydroxylation is 1. The Morgan fingerprint density at radius 3 is 2.89 bits per heavy atom. The molecule has 2 aromatic rings. The second-order valence-electron chi connectivity index (χ2n) is 4.47. The van der Waals surface area contributed by atoms with Crippen molar-refractivity contribution in [1.29, 1.82) is 0 Å². The van der Waals surface area contributed by atoms with Gasteiger partial charge in [0.15, 0.2) is 0 Å². The summed E-state index contributed by atoms with van der Waals surface area (Å²) in [5.41, 5.74) is 9.34. The predicted molar refractivity (Wildman–Crippen MR) is 77.1 cm³/mol. The maximum absolute atomic E-state index is 11.8. The van der Waals surface area contributed by atoms with Crippen LogP contribution in [0.2, 0.25) is 0 Å². The van der Waals surface area contributed by atoms with Crippen LogP contribution in [0.25, 0.3) is 0 Å². The maximum Gasteiger partial charge on any atom is 0.241 e. The summed E-state index contributed by atoms with van der Waals surface area (Å²) in [6, 6.07) is 2.07. The summed E-state index contributed by atoms with van der Waals surface area (Å²) in [7, 11) is 0. The van der Waals surface area contributed by atoms with E-state index in [1.165, 1.54) is 5.56 Å². The Hall–Kier alpha value is -1.82. The van der Waals surface area contributed by atoms with E-state index in [1.807, 2.05) is 19.2 Å². The first-order valence-electron chi connectivity index (χ1n) is 6.15. The van der Waals surface area contributed by atoms with E-state index in [2.05, 4.69) is 21.9 Å². The van der Waals surface area contributed by atoms with Gasteiger partial charge in [-0.3, -0.25) is 9.48 Å². The van der Waals surface area contributed by atoms with Gasteiger partial charge in [-0.15, -0.1) is 0 Å². The summed E-state index contributed by atoms with van der Waals surface area (Å²) >= 11 is 1.67. The van der Waals surface area contributed by atoms with Gasteiger partial charge in [-0.2, -0.15) is 16.4 Å². The molecule has 2 aromatic heterocycles. The smallest absolute Gasteiger partial charge is 0.241 e. The van der Waals surface area contributed by atoms with Gasteiger partial charge in [0.2, 0.25) is 5.91 Å². The van der Waals surface area contributed by atoms with Gasteiger partial charge in [0.25, 0.3) is 0 Å². The first-order valence-corrected chi connectivity index (χ1v) is 7.09. The van der Waals surface area contributed by atoms with Crippen LogP contribution >= 0.6 is 11.3 Å². The standard InChI is InChI=1S/C13H18N4OS/c1-9-13(14)10(2)17(16-9)7-12(18)15-5-3-11-4-6-19-8-11/h4,6,8H,3,5,7,14H2,1-2H3,(H,15,18). The Kier molecular flexibility index (Phi) is 4.21. The highest BCUT2D eigenvalue weighted by Crippen LogP contribution is 2.14. The number of amides is 1. The van der Waals surface area contributed by atoms with Crippen molar-refractivity contribution >= 4 is 22.9 Å². The zero-order valence-electron chi connectivity index (χ0n) is 11.1. The van der Waals surface area contributed by atoms with Gasteiger partial charge >= 0.3 is 0 Å². The van der Waals surface area contributed by atoms with E-state index in [0.29, 0.717) is 12.2 Å². The zero-order chi connectivity index (χ0) is 13.8. The molecule has 0 radical (unpaired) electrons. The molecule has 0 saturated heterocycles. The fourth-order valence-corrected chi connectivity index (χ4v) is 2.54. The number of hydrogen-bond donors (Lipinski definition) is 2. The predicted octanol–water partition coefficient (Wildman–Crippen LogP) is 1.50. The SMILES string of the molecule is Cc1nn(CC(=O)NCCc2ccsc2)c(C)c1N. The molecule has 3 N–H and O–H groups in total. The summed E-state index contributed by atoms with van der Waals surface area (Å²) in [6.07, 6.45) is 0.856. The molecule has 6 heteroatoms. The molecule has 0 aliphatic carbocycles. The Morgan fingerprint density at radius 2 is 2.32 bits per heavy atom. The van der Waals surface area contributed by atoms with Crippen molar-refractivity contribution in [2.45, 2.75) is 26.8 Å². The van der Waals surface area contributed by atoms with Crippen LogP contribution in [0.4, 0.5) is 5.69 Å². The van der Waals surface area contributed by atoms with Gasteiger partial charge in [0.05, 0.1) is 17.1 Å². The molecule has 2 heterocycles. The van der Waals surface area contributed by atoms with Crippen LogP contribution in [0.5, 0.6) is 0 Å². The molecule has 0 fully saturated rings. The minimum absolute atomic E-state index is 0.0409. The first kappa shape index (κ1) is 13.6. The Balaban J connectivity index is 1.82. The average Bonchev–Trinajstić information content (AvgIpc) is 2.96. The van der Waals surface area contributed by atoms with Crippen LogP contribution in [0.15, 0.2) is 16.8 Å². The Labute approximate surface area is 116 Å². The molecule has 1 amide bonds. The van der Waals surface area contributed by atoms with Gasteiger partial charge in [0, 0.05) is 6.54 Å². The van der Waals surface area contributed by atoms with Crippen LogP contribution in [0, 0.1) is 13.8 Å². The monoisotopic (exact) mass is 278 g/mol. The molecule has 0 aromatic carbocycles. The fourth-order valence-electron chi connectivity index (χ4n) is 1.84. The molecular weight excluding hydrogens is 260 g/mol. The first-order chi connectivity index (χ1) is 9.08. The highest BCUT2D eigenvalue weighted by molar-refractivity contribution is 7.07. The van der Waals surface area contributed by atoms with Gasteiger partial charge in [-0.1, -0.05) is 0 Å². The maximum atomic E-state index is 11.8. The van der Waals surface area contributed by atoms with Crippen LogP contribution in [-0.2, 0) is 17.8 Å². The average molecular weight is 278 g/mol. The van der Waals surface area contributed by atoms with Gasteiger partial charge in [-0.25, -0.2) is 0 Å². The summed E-state index contributed by atoms with van der Waals surface area (Å²) in [5, 5.41) is 11.3. The second kappa shape index (κ2) is 5.88. The lowest BCUT2D eigenvalue weighted by molar-refractivity contribution is -0.121. The minimum Gasteiger partial charge on any atom is -0.396 e. The Bertz CT molecular complexity index is 559. The third-order valence-corrected chi connectivity index (χ3v) is 3.78. The van der Waals surface area contributed by atoms with Crippen molar-refractivity contribution in [3.05, 3.63) is 33.8 Å². The summed E-state index contributed by atoms with van der Waals surface area (Å²) < 4.78 is 1.64. The molecule has 0 saturated carbocycles. The normalized spacial score (nSPS) is 10.6. The van der Waals surface area contributed by atoms with E-state index in [-0.39, 0.29) is 12.5 Å². The number of nitrogen functional groups attached to an aromatic ring is 1. The number of anilines is 1. The second-order valence-corrected chi connectivity index (χ2v) is 5.25. The molecule has 0 bridgehead atoms. The van der Waals surface area contributed by atoms with Gasteiger partial charge < -0.3 is 11.1 Å². The summed E-state index contributed by atoms with van der Waals surface area (Å²) in [5.74, 6) is -0.0409. The molecule has 102 valence electrons. The molecule has 5 nitrogen and oxygen atoms in total. The third kappa shape index (κ3) is 3.35. The number of hydrogen-bond acceptors (Lipinski definition) is 4. The van der Waals surface area contributed by atoms with Crippen molar-refractivity contribution in [1.82, 2.24) is 15.1 Å². The third-order valence-electron chi connectivity index (χ3n) is 3.05. The van der Waals surface area contributed by atoms with E-state index in [4.69, 9.17) is 5.73 Å². The number of carbonyl (C=O) groups excluding carboxylic acids is 1. The van der Waals surface area contributed by atoms with Crippen LogP contribution in [0.3, 0.4) is 0 Å². The minimum atomic E-state index is -0.0409. The highest BCUT2D eigenvalue weighted by Gasteiger charge is 2.10. The van der Waals surface area contributed by atoms with Crippen LogP contribution < -0.4 is 11.1 Å². The largest absolute Gasteiger partial charge is 0.396 e. The quantitative estimate of drug-likeness (QED) is 0.870. The number of nitrogens with zero attached hydrogens (tertiary/aromatic N) is 2. The van der Waals surface area contributed by atoms with Gasteiger partial charge in [0.1, 0.15) is 6.54 Å². The number of carbonyl (C=O) groups is 1. The van der Waals surface area contributed by atoms with E-state index in [1.54, 1.807) is 16.0 Å². The van der Waals surface area contributed by atoms with Crippen molar-refractivity contribution in [3.8, 4) is 0 Å². The molecule has 0 aliphatic rings. The van der Waals surface area contributed by atoms with Gasteiger partial charge in [-0.05, 0) is 42.7 Å². The van der Waals surface area contributed by atoms with E-state index >= 15 is 0 Å². The highest BCUT2D eigenvalue weighted by atomic mass is 32.1. The molecule has 0 unspecified atom stereocenters. The van der Waals surface area contributed by atoms with E-state index in [9.17, 15) is 4.79 Å². The van der Waals surface area contributed by atoms with Crippen molar-refractivity contribution in [3.63, 3.8) is 0 Å². The van der Waals surface area contributed by atoms with Crippen molar-refractivity contribution in [2.24, 2.45) is 0 Å². The number of nitrogens with one attached hydrogen (secondary N) is 1. The topological polar surface area (TPSA) is 72.9 Å². The zero-order valence-corrected chi connectivity index (χ0v) is 12.0. The lowest BCUT2D eigenvalue weighted by Crippen LogP contribution is -2.30. The number of thiophene rings is 1. The molecule has 0 aliphatic heterocycles. The lowest BCUT2D eigenvalue weighted by Gasteiger charge is -2.06. The van der Waals surface area contributed by atoms with Crippen molar-refractivity contribution < 1.29 is 4.79 Å². The summed E-state index contributed by atoms with van der Waals surface area (Å²) in [4.78, 5) is 11.8. The number of rotatable bonds is 5. The van der Waals surface area contributed by atoms with Crippen LogP contribution in [0.1, 0.15) is 17.0 Å². The van der Waals surface area contributed by atoms with Crippen LogP contribution in [-0.4, -0.2) is 22.2 Å². The molecule has 0 spiro atoms. The Morgan fingerprint density at radius 1 is 1.53 bits per heavy atom. The number of aromatic nitrogens is 2. The fraction of sp³-hybridized carbons (Fsp3) is 0.385. The van der Waals surface area contributed by atoms with E-state index in [0.717, 1.165) is 17.8 Å². The van der Waals surface area contributed by atoms with Crippen molar-refractivity contribution in [2.75, 3.05) is 12.3 Å². The molecular formula is C13H18N4OS.